The van der Waals surface area contributed by atoms with Gasteiger partial charge in [0.15, 0.2) is 0 Å². The molecule has 0 bridgehead atoms. The lowest BCUT2D eigenvalue weighted by atomic mass is 10.1. The predicted molar refractivity (Wildman–Crippen MR) is 87.8 cm³/mol. The first-order valence-corrected chi connectivity index (χ1v) is 8.39. The van der Waals surface area contributed by atoms with E-state index in [1.165, 1.54) is 6.42 Å². The molecule has 20 heavy (non-hydrogen) atoms. The molecule has 2 unspecified atom stereocenters. The highest BCUT2D eigenvalue weighted by molar-refractivity contribution is 7.99. The van der Waals surface area contributed by atoms with E-state index in [1.54, 1.807) is 0 Å². The largest absolute Gasteiger partial charge is 0.387 e. The van der Waals surface area contributed by atoms with Crippen molar-refractivity contribution in [3.05, 3.63) is 29.3 Å². The Morgan fingerprint density at radius 1 is 1.40 bits per heavy atom. The molecular weight excluding hydrogens is 268 g/mol. The number of carbonyl (C=O) groups excluding carboxylic acids is 1. The van der Waals surface area contributed by atoms with Crippen molar-refractivity contribution in [1.29, 1.82) is 0 Å². The van der Waals surface area contributed by atoms with Crippen LogP contribution in [0.1, 0.15) is 42.1 Å². The van der Waals surface area contributed by atoms with Crippen LogP contribution in [-0.2, 0) is 0 Å². The van der Waals surface area contributed by atoms with Crippen molar-refractivity contribution in [3.8, 4) is 0 Å². The van der Waals surface area contributed by atoms with Crippen molar-refractivity contribution in [1.82, 2.24) is 5.32 Å². The molecule has 1 aliphatic rings. The monoisotopic (exact) mass is 292 g/mol. The number of hydrogen-bond donors (Lipinski definition) is 2. The minimum Gasteiger partial charge on any atom is -0.387 e. The van der Waals surface area contributed by atoms with E-state index < -0.39 is 0 Å². The first kappa shape index (κ1) is 15.2. The molecule has 1 aromatic rings. The molecule has 1 fully saturated rings. The van der Waals surface area contributed by atoms with E-state index in [4.69, 9.17) is 0 Å². The van der Waals surface area contributed by atoms with Crippen LogP contribution >= 0.6 is 11.8 Å². The minimum absolute atomic E-state index is 0.0431. The Balaban J connectivity index is 1.99. The van der Waals surface area contributed by atoms with E-state index >= 15 is 0 Å². The van der Waals surface area contributed by atoms with E-state index in [1.807, 2.05) is 43.9 Å². The van der Waals surface area contributed by atoms with Crippen LogP contribution in [0.4, 0.5) is 5.69 Å². The van der Waals surface area contributed by atoms with Gasteiger partial charge < -0.3 is 10.6 Å². The summed E-state index contributed by atoms with van der Waals surface area (Å²) in [5.74, 6) is 1.20. The molecule has 0 radical (unpaired) electrons. The quantitative estimate of drug-likeness (QED) is 0.873. The normalized spacial score (nSPS) is 21.8. The summed E-state index contributed by atoms with van der Waals surface area (Å²) in [6, 6.07) is 6.24. The molecule has 1 aliphatic carbocycles. The molecule has 2 N–H and O–H groups in total. The second-order valence-corrected chi connectivity index (χ2v) is 6.94. The Morgan fingerprint density at radius 3 is 2.90 bits per heavy atom. The Morgan fingerprint density at radius 2 is 2.20 bits per heavy atom. The van der Waals surface area contributed by atoms with Gasteiger partial charge in [-0.05, 0) is 49.6 Å². The molecule has 1 saturated carbocycles. The molecule has 0 saturated heterocycles. The highest BCUT2D eigenvalue weighted by atomic mass is 32.2. The smallest absolute Gasteiger partial charge is 0.253 e. The maximum Gasteiger partial charge on any atom is 0.253 e. The maximum absolute atomic E-state index is 12.4. The van der Waals surface area contributed by atoms with Gasteiger partial charge in [0.1, 0.15) is 0 Å². The number of anilines is 1. The fraction of sp³-hybridized carbons (Fsp3) is 0.562. The van der Waals surface area contributed by atoms with Crippen LogP contribution in [0.25, 0.3) is 0 Å². The van der Waals surface area contributed by atoms with Gasteiger partial charge in [0, 0.05) is 24.0 Å². The second-order valence-electron chi connectivity index (χ2n) is 5.36. The average Bonchev–Trinajstić information content (AvgIpc) is 2.86. The lowest BCUT2D eigenvalue weighted by Crippen LogP contribution is -2.33. The van der Waals surface area contributed by atoms with Gasteiger partial charge in [0.2, 0.25) is 0 Å². The number of benzene rings is 1. The highest BCUT2D eigenvalue weighted by Crippen LogP contribution is 2.30. The molecule has 3 nitrogen and oxygen atoms in total. The molecule has 4 heteroatoms. The van der Waals surface area contributed by atoms with Gasteiger partial charge in [-0.15, -0.1) is 0 Å². The van der Waals surface area contributed by atoms with Crippen LogP contribution in [-0.4, -0.2) is 30.0 Å². The lowest BCUT2D eigenvalue weighted by molar-refractivity contribution is 0.0939. The molecule has 110 valence electrons. The number of rotatable bonds is 5. The Labute approximate surface area is 125 Å². The predicted octanol–water partition coefficient (Wildman–Crippen LogP) is 3.44. The lowest BCUT2D eigenvalue weighted by Gasteiger charge is -2.15. The topological polar surface area (TPSA) is 41.1 Å². The zero-order valence-electron chi connectivity index (χ0n) is 12.5. The number of nitrogens with one attached hydrogen (secondary N) is 2. The number of carbonyl (C=O) groups is 1. The van der Waals surface area contributed by atoms with Crippen LogP contribution in [0.5, 0.6) is 0 Å². The van der Waals surface area contributed by atoms with Crippen LogP contribution in [0.3, 0.4) is 0 Å². The molecule has 0 aromatic heterocycles. The summed E-state index contributed by atoms with van der Waals surface area (Å²) in [6.45, 7) is 4.23. The van der Waals surface area contributed by atoms with E-state index in [-0.39, 0.29) is 5.91 Å². The first-order valence-electron chi connectivity index (χ1n) is 7.35. The number of hydrogen-bond acceptors (Lipinski definition) is 3. The molecular formula is C16H24N2OS. The van der Waals surface area contributed by atoms with Gasteiger partial charge >= 0.3 is 0 Å². The number of amides is 1. The van der Waals surface area contributed by atoms with Crippen LogP contribution < -0.4 is 10.6 Å². The highest BCUT2D eigenvalue weighted by Gasteiger charge is 2.26. The third kappa shape index (κ3) is 3.69. The van der Waals surface area contributed by atoms with Gasteiger partial charge in [0.05, 0.1) is 5.56 Å². The van der Waals surface area contributed by atoms with Gasteiger partial charge in [0.25, 0.3) is 5.91 Å². The minimum atomic E-state index is 0.0431. The zero-order valence-corrected chi connectivity index (χ0v) is 13.3. The first-order chi connectivity index (χ1) is 9.63. The van der Waals surface area contributed by atoms with E-state index in [9.17, 15) is 4.79 Å². The summed E-state index contributed by atoms with van der Waals surface area (Å²) < 4.78 is 0. The summed E-state index contributed by atoms with van der Waals surface area (Å²) in [5, 5.41) is 7.01. The summed E-state index contributed by atoms with van der Waals surface area (Å²) in [4.78, 5) is 12.4. The third-order valence-corrected chi connectivity index (χ3v) is 5.04. The average molecular weight is 292 g/mol. The van der Waals surface area contributed by atoms with Crippen molar-refractivity contribution in [3.63, 3.8) is 0 Å². The van der Waals surface area contributed by atoms with Crippen LogP contribution in [0.2, 0.25) is 0 Å². The molecule has 0 spiro atoms. The second kappa shape index (κ2) is 7.02. The van der Waals surface area contributed by atoms with Gasteiger partial charge in [-0.1, -0.05) is 13.0 Å². The number of aryl methyl sites for hydroxylation is 1. The fourth-order valence-corrected chi connectivity index (χ4v) is 3.93. The van der Waals surface area contributed by atoms with Crippen LogP contribution in [0.15, 0.2) is 18.2 Å². The summed E-state index contributed by atoms with van der Waals surface area (Å²) in [7, 11) is 1.86. The number of thioether (sulfide) groups is 1. The molecule has 1 aromatic carbocycles. The summed E-state index contributed by atoms with van der Waals surface area (Å²) in [6.07, 6.45) is 3.42. The third-order valence-electron chi connectivity index (χ3n) is 3.81. The fourth-order valence-electron chi connectivity index (χ4n) is 2.78. The molecule has 0 aliphatic heterocycles. The van der Waals surface area contributed by atoms with Crippen molar-refractivity contribution < 1.29 is 4.79 Å². The Kier molecular flexibility index (Phi) is 5.35. The standard InChI is InChI=1S/C16H24N2OS/c1-4-20-13-7-6-12(10-13)18-16(19)14-8-5-11(2)9-15(14)17-3/h5,8-9,12-13,17H,4,6-7,10H2,1-3H3,(H,18,19). The van der Waals surface area contributed by atoms with Crippen molar-refractivity contribution >= 4 is 23.4 Å². The SMILES string of the molecule is CCSC1CCC(NC(=O)c2ccc(C)cc2NC)C1. The molecule has 2 rings (SSSR count). The Hall–Kier alpha value is -1.16. The van der Waals surface area contributed by atoms with E-state index in [0.717, 1.165) is 35.4 Å². The summed E-state index contributed by atoms with van der Waals surface area (Å²) >= 11 is 2.01. The van der Waals surface area contributed by atoms with Crippen molar-refractivity contribution in [2.24, 2.45) is 0 Å². The van der Waals surface area contributed by atoms with Crippen LogP contribution in [0, 0.1) is 6.92 Å². The van der Waals surface area contributed by atoms with Gasteiger partial charge in [-0.25, -0.2) is 0 Å². The molecule has 2 atom stereocenters. The van der Waals surface area contributed by atoms with Gasteiger partial charge in [-0.2, -0.15) is 11.8 Å². The molecule has 0 heterocycles. The van der Waals surface area contributed by atoms with Crippen molar-refractivity contribution in [2.45, 2.75) is 44.4 Å². The van der Waals surface area contributed by atoms with Gasteiger partial charge in [-0.3, -0.25) is 4.79 Å². The maximum atomic E-state index is 12.4. The molecule has 1 amide bonds. The Bertz CT molecular complexity index is 476. The van der Waals surface area contributed by atoms with E-state index in [2.05, 4.69) is 17.6 Å². The van der Waals surface area contributed by atoms with Crippen molar-refractivity contribution in [2.75, 3.05) is 18.1 Å². The summed E-state index contributed by atoms with van der Waals surface area (Å²) in [5.41, 5.74) is 2.80. The zero-order chi connectivity index (χ0) is 14.5. The van der Waals surface area contributed by atoms with E-state index in [0.29, 0.717) is 11.3 Å².